The van der Waals surface area contributed by atoms with E-state index in [1.165, 1.54) is 6.33 Å². The van der Waals surface area contributed by atoms with Gasteiger partial charge in [-0.15, -0.1) is 0 Å². The maximum absolute atomic E-state index is 11.2. The molecule has 0 aliphatic heterocycles. The van der Waals surface area contributed by atoms with Gasteiger partial charge in [0.25, 0.3) is 0 Å². The largest absolute Gasteiger partial charge is 0.476 e. The number of fused-ring (bicyclic) bond motifs is 3. The highest BCUT2D eigenvalue weighted by Crippen LogP contribution is 2.33. The van der Waals surface area contributed by atoms with Gasteiger partial charge in [0.05, 0.1) is 5.69 Å². The average molecular weight is 226 g/mol. The lowest BCUT2D eigenvalue weighted by Gasteiger charge is -2.19. The number of aromatic nitrogens is 2. The van der Waals surface area contributed by atoms with Crippen molar-refractivity contribution in [3.63, 3.8) is 0 Å². The smallest absolute Gasteiger partial charge is 0.355 e. The molecule has 1 heterocycles. The van der Waals surface area contributed by atoms with Crippen molar-refractivity contribution >= 4 is 5.97 Å². The summed E-state index contributed by atoms with van der Waals surface area (Å²) in [6, 6.07) is 7.83. The first-order valence-corrected chi connectivity index (χ1v) is 5.43. The molecular formula is C13H10N2O2. The van der Waals surface area contributed by atoms with Crippen LogP contribution in [0.5, 0.6) is 0 Å². The van der Waals surface area contributed by atoms with Gasteiger partial charge in [0.1, 0.15) is 6.33 Å². The van der Waals surface area contributed by atoms with Crippen LogP contribution in [-0.2, 0) is 12.8 Å². The third kappa shape index (κ3) is 1.49. The van der Waals surface area contributed by atoms with Crippen LogP contribution in [0.1, 0.15) is 21.7 Å². The zero-order valence-corrected chi connectivity index (χ0v) is 9.05. The second-order valence-electron chi connectivity index (χ2n) is 4.01. The fourth-order valence-corrected chi connectivity index (χ4v) is 2.29. The Balaban J connectivity index is 2.33. The fraction of sp³-hybridized carbons (Fsp3) is 0.154. The van der Waals surface area contributed by atoms with Crippen molar-refractivity contribution in [3.8, 4) is 11.1 Å². The van der Waals surface area contributed by atoms with E-state index in [2.05, 4.69) is 9.97 Å². The predicted molar refractivity (Wildman–Crippen MR) is 61.8 cm³/mol. The highest BCUT2D eigenvalue weighted by molar-refractivity contribution is 5.95. The quantitative estimate of drug-likeness (QED) is 0.807. The molecule has 17 heavy (non-hydrogen) atoms. The molecule has 1 aromatic heterocycles. The molecule has 0 atom stereocenters. The van der Waals surface area contributed by atoms with E-state index < -0.39 is 5.97 Å². The van der Waals surface area contributed by atoms with Crippen LogP contribution in [0.25, 0.3) is 11.1 Å². The van der Waals surface area contributed by atoms with Gasteiger partial charge in [-0.3, -0.25) is 0 Å². The fourth-order valence-electron chi connectivity index (χ4n) is 2.29. The summed E-state index contributed by atoms with van der Waals surface area (Å²) in [5.41, 5.74) is 3.73. The Morgan fingerprint density at radius 2 is 2.00 bits per heavy atom. The molecule has 84 valence electrons. The molecule has 0 amide bonds. The van der Waals surface area contributed by atoms with Crippen molar-refractivity contribution in [2.45, 2.75) is 12.8 Å². The van der Waals surface area contributed by atoms with Crippen LogP contribution in [0.4, 0.5) is 0 Å². The van der Waals surface area contributed by atoms with Crippen LogP contribution in [0, 0.1) is 0 Å². The Hall–Kier alpha value is -2.23. The summed E-state index contributed by atoms with van der Waals surface area (Å²) in [7, 11) is 0. The van der Waals surface area contributed by atoms with Crippen LogP contribution in [0.3, 0.4) is 0 Å². The first kappa shape index (κ1) is 9.96. The highest BCUT2D eigenvalue weighted by atomic mass is 16.4. The first-order valence-electron chi connectivity index (χ1n) is 5.43. The van der Waals surface area contributed by atoms with Gasteiger partial charge in [0.2, 0.25) is 0 Å². The standard InChI is InChI=1S/C13H10N2O2/c16-13(17)12-11-9-4-2-1-3-8(9)5-6-10(11)14-7-15-12/h1-4,7H,5-6H2,(H,16,17). The maximum atomic E-state index is 11.2. The van der Waals surface area contributed by atoms with Gasteiger partial charge >= 0.3 is 5.97 Å². The molecule has 3 rings (SSSR count). The Bertz CT molecular complexity index is 608. The maximum Gasteiger partial charge on any atom is 0.355 e. The van der Waals surface area contributed by atoms with Crippen molar-refractivity contribution in [1.82, 2.24) is 9.97 Å². The molecule has 0 bridgehead atoms. The minimum Gasteiger partial charge on any atom is -0.476 e. The molecule has 0 unspecified atom stereocenters. The van der Waals surface area contributed by atoms with Gasteiger partial charge in [-0.1, -0.05) is 24.3 Å². The van der Waals surface area contributed by atoms with Crippen LogP contribution >= 0.6 is 0 Å². The number of benzene rings is 1. The van der Waals surface area contributed by atoms with Gasteiger partial charge in [0, 0.05) is 5.56 Å². The van der Waals surface area contributed by atoms with Crippen molar-refractivity contribution in [3.05, 3.63) is 47.5 Å². The summed E-state index contributed by atoms with van der Waals surface area (Å²) >= 11 is 0. The summed E-state index contributed by atoms with van der Waals surface area (Å²) in [5, 5.41) is 9.18. The molecule has 0 saturated heterocycles. The Kier molecular flexibility index (Phi) is 2.14. The molecule has 1 aliphatic carbocycles. The van der Waals surface area contributed by atoms with Crippen molar-refractivity contribution in [2.75, 3.05) is 0 Å². The topological polar surface area (TPSA) is 63.1 Å². The Morgan fingerprint density at radius 1 is 1.18 bits per heavy atom. The lowest BCUT2D eigenvalue weighted by atomic mass is 9.87. The van der Waals surface area contributed by atoms with Gasteiger partial charge in [-0.05, 0) is 24.0 Å². The van der Waals surface area contributed by atoms with Crippen LogP contribution in [0.15, 0.2) is 30.6 Å². The third-order valence-electron chi connectivity index (χ3n) is 3.05. The second-order valence-corrected chi connectivity index (χ2v) is 4.01. The lowest BCUT2D eigenvalue weighted by Crippen LogP contribution is -2.13. The third-order valence-corrected chi connectivity index (χ3v) is 3.05. The molecule has 0 fully saturated rings. The molecule has 4 heteroatoms. The molecule has 1 aromatic carbocycles. The Labute approximate surface area is 98.0 Å². The van der Waals surface area contributed by atoms with Gasteiger partial charge in [0.15, 0.2) is 5.69 Å². The normalized spacial score (nSPS) is 12.7. The molecule has 0 radical (unpaired) electrons. The number of hydrogen-bond donors (Lipinski definition) is 1. The number of carbonyl (C=O) groups is 1. The number of aryl methyl sites for hydroxylation is 2. The number of carboxylic acid groups (broad SMARTS) is 1. The van der Waals surface area contributed by atoms with E-state index in [0.717, 1.165) is 29.7 Å². The zero-order chi connectivity index (χ0) is 11.8. The summed E-state index contributed by atoms with van der Waals surface area (Å²) in [4.78, 5) is 19.3. The van der Waals surface area contributed by atoms with Crippen LogP contribution in [-0.4, -0.2) is 21.0 Å². The van der Waals surface area contributed by atoms with E-state index in [1.807, 2.05) is 24.3 Å². The van der Waals surface area contributed by atoms with Gasteiger partial charge < -0.3 is 5.11 Å². The number of aromatic carboxylic acids is 1. The summed E-state index contributed by atoms with van der Waals surface area (Å²) in [6.07, 6.45) is 3.00. The van der Waals surface area contributed by atoms with Crippen LogP contribution in [0.2, 0.25) is 0 Å². The minimum atomic E-state index is -1.000. The molecule has 0 saturated carbocycles. The molecule has 2 aromatic rings. The molecule has 0 spiro atoms. The SMILES string of the molecule is O=C(O)c1ncnc2c1-c1ccccc1CC2. The monoisotopic (exact) mass is 226 g/mol. The highest BCUT2D eigenvalue weighted by Gasteiger charge is 2.23. The average Bonchev–Trinajstić information content (AvgIpc) is 2.37. The molecule has 1 aliphatic rings. The summed E-state index contributed by atoms with van der Waals surface area (Å²) < 4.78 is 0. The minimum absolute atomic E-state index is 0.0992. The van der Waals surface area contributed by atoms with E-state index in [1.54, 1.807) is 0 Å². The van der Waals surface area contributed by atoms with Crippen molar-refractivity contribution < 1.29 is 9.90 Å². The van der Waals surface area contributed by atoms with Crippen molar-refractivity contribution in [2.24, 2.45) is 0 Å². The Morgan fingerprint density at radius 3 is 2.82 bits per heavy atom. The second kappa shape index (κ2) is 3.66. The molecule has 4 nitrogen and oxygen atoms in total. The van der Waals surface area contributed by atoms with Crippen molar-refractivity contribution in [1.29, 1.82) is 0 Å². The van der Waals surface area contributed by atoms with E-state index in [0.29, 0.717) is 5.56 Å². The first-order chi connectivity index (χ1) is 8.27. The summed E-state index contributed by atoms with van der Waals surface area (Å²) in [5.74, 6) is -1.000. The van der Waals surface area contributed by atoms with E-state index in [9.17, 15) is 9.90 Å². The lowest BCUT2D eigenvalue weighted by molar-refractivity contribution is 0.0691. The predicted octanol–water partition coefficient (Wildman–Crippen LogP) is 1.94. The number of hydrogen-bond acceptors (Lipinski definition) is 3. The van der Waals surface area contributed by atoms with Crippen LogP contribution < -0.4 is 0 Å². The summed E-state index contributed by atoms with van der Waals surface area (Å²) in [6.45, 7) is 0. The molecular weight excluding hydrogens is 216 g/mol. The molecule has 1 N–H and O–H groups in total. The van der Waals surface area contributed by atoms with Gasteiger partial charge in [-0.2, -0.15) is 0 Å². The zero-order valence-electron chi connectivity index (χ0n) is 9.05. The van der Waals surface area contributed by atoms with E-state index in [-0.39, 0.29) is 5.69 Å². The number of rotatable bonds is 1. The number of carboxylic acids is 1. The van der Waals surface area contributed by atoms with E-state index >= 15 is 0 Å². The number of nitrogens with zero attached hydrogens (tertiary/aromatic N) is 2. The van der Waals surface area contributed by atoms with Gasteiger partial charge in [-0.25, -0.2) is 14.8 Å². The van der Waals surface area contributed by atoms with E-state index in [4.69, 9.17) is 0 Å².